The summed E-state index contributed by atoms with van der Waals surface area (Å²) >= 11 is 37.7. The molecule has 34 heavy (non-hydrogen) atoms. The van der Waals surface area contributed by atoms with Crippen molar-refractivity contribution in [2.24, 2.45) is 11.8 Å². The van der Waals surface area contributed by atoms with E-state index in [4.69, 9.17) is 83.8 Å². The van der Waals surface area contributed by atoms with E-state index in [0.717, 1.165) is 16.5 Å². The maximum atomic E-state index is 13.1. The summed E-state index contributed by atoms with van der Waals surface area (Å²) < 4.78 is 13.2. The predicted octanol–water partition coefficient (Wildman–Crippen LogP) is 8.26. The van der Waals surface area contributed by atoms with Gasteiger partial charge in [-0.05, 0) is 42.4 Å². The van der Waals surface area contributed by atoms with Crippen LogP contribution in [-0.2, 0) is 14.2 Å². The predicted molar refractivity (Wildman–Crippen MR) is 139 cm³/mol. The van der Waals surface area contributed by atoms with Crippen LogP contribution in [0.25, 0.3) is 0 Å². The zero-order chi connectivity index (χ0) is 25.7. The van der Waals surface area contributed by atoms with Crippen molar-refractivity contribution < 1.29 is 23.8 Å². The highest BCUT2D eigenvalue weighted by atomic mass is 79.9. The van der Waals surface area contributed by atoms with Crippen LogP contribution >= 0.6 is 85.5 Å². The first kappa shape index (κ1) is 30.2. The van der Waals surface area contributed by atoms with Gasteiger partial charge in [0, 0.05) is 11.0 Å². The van der Waals surface area contributed by atoms with Crippen molar-refractivity contribution in [2.75, 3.05) is 19.8 Å². The van der Waals surface area contributed by atoms with Crippen molar-refractivity contribution in [3.8, 4) is 0 Å². The Kier molecular flexibility index (Phi) is 11.5. The standard InChI is InChI=1S/C21H24BrCl6NO5/c1-12(2)7-13-8-16(34-19(31)33-11-21(26,27)28)17(14-3-5-15(22)6-4-14)29(9-13)18(30)32-10-20(23,24)25/h3-6,12-13,16-17H,7-11H2,1-2H3. The molecule has 1 aromatic rings. The summed E-state index contributed by atoms with van der Waals surface area (Å²) in [6, 6.07) is 6.59. The Morgan fingerprint density at radius 3 is 2.12 bits per heavy atom. The molecule has 0 bridgehead atoms. The molecule has 3 atom stereocenters. The molecule has 1 amide bonds. The lowest BCUT2D eigenvalue weighted by Gasteiger charge is -2.44. The topological polar surface area (TPSA) is 65.1 Å². The molecule has 3 unspecified atom stereocenters. The highest BCUT2D eigenvalue weighted by molar-refractivity contribution is 9.10. The van der Waals surface area contributed by atoms with E-state index in [1.165, 1.54) is 4.90 Å². The van der Waals surface area contributed by atoms with E-state index < -0.39 is 45.2 Å². The molecule has 6 nitrogen and oxygen atoms in total. The average molecular weight is 663 g/mol. The van der Waals surface area contributed by atoms with Crippen molar-refractivity contribution in [3.05, 3.63) is 34.3 Å². The van der Waals surface area contributed by atoms with E-state index in [2.05, 4.69) is 29.8 Å². The number of carbonyl (C=O) groups is 2. The Morgan fingerprint density at radius 1 is 1.03 bits per heavy atom. The lowest BCUT2D eigenvalue weighted by Crippen LogP contribution is -2.50. The van der Waals surface area contributed by atoms with Crippen molar-refractivity contribution in [2.45, 2.75) is 46.4 Å². The van der Waals surface area contributed by atoms with Gasteiger partial charge in [0.1, 0.15) is 19.3 Å². The molecule has 0 saturated carbocycles. The molecule has 0 aromatic heterocycles. The first-order chi connectivity index (χ1) is 15.6. The largest absolute Gasteiger partial charge is 0.508 e. The molecule has 1 aromatic carbocycles. The number of benzene rings is 1. The Bertz CT molecular complexity index is 830. The number of likely N-dealkylation sites (tertiary alicyclic amines) is 1. The molecular weight excluding hydrogens is 639 g/mol. The minimum Gasteiger partial charge on any atom is -0.445 e. The van der Waals surface area contributed by atoms with Crippen LogP contribution in [0.4, 0.5) is 9.59 Å². The van der Waals surface area contributed by atoms with E-state index in [9.17, 15) is 9.59 Å². The van der Waals surface area contributed by atoms with Gasteiger partial charge in [0.2, 0.25) is 7.59 Å². The third kappa shape index (κ3) is 10.5. The fourth-order valence-corrected chi connectivity index (χ4v) is 4.43. The van der Waals surface area contributed by atoms with Crippen LogP contribution in [0.3, 0.4) is 0 Å². The Labute approximate surface area is 237 Å². The molecule has 0 radical (unpaired) electrons. The van der Waals surface area contributed by atoms with Gasteiger partial charge in [-0.1, -0.05) is 112 Å². The monoisotopic (exact) mass is 659 g/mol. The summed E-state index contributed by atoms with van der Waals surface area (Å²) in [5.74, 6) is 0.350. The zero-order valence-corrected chi connectivity index (χ0v) is 24.4. The number of ether oxygens (including phenoxy) is 3. The van der Waals surface area contributed by atoms with E-state index >= 15 is 0 Å². The van der Waals surface area contributed by atoms with Crippen LogP contribution < -0.4 is 0 Å². The van der Waals surface area contributed by atoms with Crippen LogP contribution in [0.1, 0.15) is 38.3 Å². The number of alkyl halides is 6. The molecule has 1 heterocycles. The second-order valence-electron chi connectivity index (χ2n) is 8.36. The Balaban J connectivity index is 2.36. The Morgan fingerprint density at radius 2 is 1.59 bits per heavy atom. The minimum absolute atomic E-state index is 0.0120. The molecule has 1 aliphatic heterocycles. The van der Waals surface area contributed by atoms with Crippen LogP contribution in [0.5, 0.6) is 0 Å². The zero-order valence-electron chi connectivity index (χ0n) is 18.3. The number of piperidine rings is 1. The van der Waals surface area contributed by atoms with Gasteiger partial charge in [-0.3, -0.25) is 4.90 Å². The summed E-state index contributed by atoms with van der Waals surface area (Å²) in [6.45, 7) is 3.57. The maximum Gasteiger partial charge on any atom is 0.508 e. The van der Waals surface area contributed by atoms with Crippen molar-refractivity contribution in [1.82, 2.24) is 4.90 Å². The smallest absolute Gasteiger partial charge is 0.445 e. The second kappa shape index (κ2) is 13.0. The number of carbonyl (C=O) groups excluding carboxylic acids is 2. The Hall–Kier alpha value is -0.0200. The molecule has 1 fully saturated rings. The third-order valence-corrected chi connectivity index (χ3v) is 6.10. The molecule has 0 spiro atoms. The number of nitrogens with zero attached hydrogens (tertiary/aromatic N) is 1. The summed E-state index contributed by atoms with van der Waals surface area (Å²) in [5, 5.41) is 0. The van der Waals surface area contributed by atoms with Gasteiger partial charge in [-0.25, -0.2) is 9.59 Å². The lowest BCUT2D eigenvalue weighted by atomic mass is 9.83. The van der Waals surface area contributed by atoms with Crippen LogP contribution in [0.2, 0.25) is 0 Å². The second-order valence-corrected chi connectivity index (χ2v) is 14.3. The number of amides is 1. The van der Waals surface area contributed by atoms with Crippen molar-refractivity contribution in [1.29, 1.82) is 0 Å². The van der Waals surface area contributed by atoms with E-state index in [1.807, 2.05) is 24.3 Å². The van der Waals surface area contributed by atoms with Gasteiger partial charge in [-0.15, -0.1) is 0 Å². The fraction of sp³-hybridized carbons (Fsp3) is 0.619. The van der Waals surface area contributed by atoms with Crippen LogP contribution in [0, 0.1) is 11.8 Å². The normalized spacial score (nSPS) is 21.4. The quantitative estimate of drug-likeness (QED) is 0.227. The van der Waals surface area contributed by atoms with Gasteiger partial charge in [0.05, 0.1) is 6.04 Å². The first-order valence-electron chi connectivity index (χ1n) is 10.3. The van der Waals surface area contributed by atoms with Gasteiger partial charge < -0.3 is 14.2 Å². The summed E-state index contributed by atoms with van der Waals surface area (Å²) in [6.07, 6.45) is -1.21. The van der Waals surface area contributed by atoms with E-state index in [0.29, 0.717) is 18.9 Å². The molecular formula is C21H24BrCl6NO5. The van der Waals surface area contributed by atoms with Crippen molar-refractivity contribution in [3.63, 3.8) is 0 Å². The highest BCUT2D eigenvalue weighted by Gasteiger charge is 2.43. The minimum atomic E-state index is -1.79. The van der Waals surface area contributed by atoms with Crippen LogP contribution in [0.15, 0.2) is 28.7 Å². The molecule has 0 N–H and O–H groups in total. The highest BCUT2D eigenvalue weighted by Crippen LogP contribution is 2.39. The number of halogens is 7. The summed E-state index contributed by atoms with van der Waals surface area (Å²) in [7, 11) is 0. The summed E-state index contributed by atoms with van der Waals surface area (Å²) in [4.78, 5) is 27.0. The van der Waals surface area contributed by atoms with Gasteiger partial charge in [0.25, 0.3) is 0 Å². The number of hydrogen-bond donors (Lipinski definition) is 0. The molecule has 2 rings (SSSR count). The summed E-state index contributed by atoms with van der Waals surface area (Å²) in [5.41, 5.74) is 0.719. The molecule has 0 aliphatic carbocycles. The van der Waals surface area contributed by atoms with E-state index in [-0.39, 0.29) is 5.92 Å². The van der Waals surface area contributed by atoms with Gasteiger partial charge in [-0.2, -0.15) is 0 Å². The SMILES string of the molecule is CC(C)CC1CC(OC(=O)OCC(Cl)(Cl)Cl)C(c2ccc(Br)cc2)N(C(=O)OCC(Cl)(Cl)Cl)C1. The lowest BCUT2D eigenvalue weighted by molar-refractivity contribution is -0.0518. The van der Waals surface area contributed by atoms with Gasteiger partial charge >= 0.3 is 12.2 Å². The average Bonchev–Trinajstić information content (AvgIpc) is 2.69. The molecule has 192 valence electrons. The number of hydrogen-bond acceptors (Lipinski definition) is 5. The molecule has 1 aliphatic rings. The van der Waals surface area contributed by atoms with Crippen molar-refractivity contribution >= 4 is 97.8 Å². The first-order valence-corrected chi connectivity index (χ1v) is 13.4. The molecule has 13 heteroatoms. The van der Waals surface area contributed by atoms with Gasteiger partial charge in [0.15, 0.2) is 0 Å². The van der Waals surface area contributed by atoms with Crippen LogP contribution in [-0.4, -0.2) is 50.6 Å². The fourth-order valence-electron chi connectivity index (χ4n) is 3.84. The third-order valence-electron chi connectivity index (χ3n) is 4.92. The molecule has 1 saturated heterocycles. The number of rotatable bonds is 6. The maximum absolute atomic E-state index is 13.1. The van der Waals surface area contributed by atoms with E-state index in [1.54, 1.807) is 0 Å².